The van der Waals surface area contributed by atoms with Gasteiger partial charge < -0.3 is 19.4 Å². The van der Waals surface area contributed by atoms with Crippen molar-refractivity contribution in [3.63, 3.8) is 0 Å². The van der Waals surface area contributed by atoms with Crippen molar-refractivity contribution >= 4 is 51.0 Å². The zero-order valence-corrected chi connectivity index (χ0v) is 32.4. The zero-order valence-electron chi connectivity index (χ0n) is 32.4. The Hall–Kier alpha value is -6.46. The van der Waals surface area contributed by atoms with Crippen LogP contribution in [0.3, 0.4) is 0 Å². The summed E-state index contributed by atoms with van der Waals surface area (Å²) in [7, 11) is 0. The smallest absolute Gasteiger partial charge is 0.332 e. The summed E-state index contributed by atoms with van der Waals surface area (Å²) in [4.78, 5) is 73.1. The molecular weight excluding hydrogens is 754 g/mol. The van der Waals surface area contributed by atoms with E-state index in [1.807, 2.05) is 24.3 Å². The predicted octanol–water partition coefficient (Wildman–Crippen LogP) is 5.25. The maximum atomic E-state index is 15.1. The summed E-state index contributed by atoms with van der Waals surface area (Å²) in [6, 6.07) is 23.2. The van der Waals surface area contributed by atoms with Crippen LogP contribution in [0.1, 0.15) is 59.3 Å². The van der Waals surface area contributed by atoms with Crippen LogP contribution in [-0.2, 0) is 27.3 Å². The number of aryl methyl sites for hydroxylation is 1. The number of fused-ring (bicyclic) bond motifs is 3. The molecule has 5 amide bonds. The van der Waals surface area contributed by atoms with Crippen LogP contribution in [0.15, 0.2) is 83.7 Å². The van der Waals surface area contributed by atoms with Gasteiger partial charge in [0.2, 0.25) is 5.91 Å². The summed E-state index contributed by atoms with van der Waals surface area (Å²) >= 11 is 0. The molecule has 3 aliphatic heterocycles. The molecule has 5 aromatic rings. The third-order valence-electron chi connectivity index (χ3n) is 12.0. The van der Waals surface area contributed by atoms with Crippen LogP contribution in [0.2, 0.25) is 0 Å². The fraction of sp³-hybridized carbons (Fsp3) is 0.356. The molecule has 1 saturated carbocycles. The van der Waals surface area contributed by atoms with Crippen molar-refractivity contribution < 1.29 is 28.3 Å². The Morgan fingerprint density at radius 1 is 0.814 bits per heavy atom. The van der Waals surface area contributed by atoms with Gasteiger partial charge in [-0.05, 0) is 68.0 Å². The average molecular weight is 796 g/mol. The summed E-state index contributed by atoms with van der Waals surface area (Å²) in [5.41, 5.74) is 1.91. The zero-order chi connectivity index (χ0) is 40.8. The van der Waals surface area contributed by atoms with Crippen LogP contribution < -0.4 is 10.5 Å². The van der Waals surface area contributed by atoms with Crippen molar-refractivity contribution in [2.75, 3.05) is 44.2 Å². The Bertz CT molecular complexity index is 2630. The lowest BCUT2D eigenvalue weighted by Gasteiger charge is -2.35. The Balaban J connectivity index is 0.842. The molecule has 0 spiro atoms. The molecule has 59 heavy (non-hydrogen) atoms. The maximum absolute atomic E-state index is 15.1. The number of urea groups is 1. The number of unbranched alkanes of at least 4 members (excludes halogenated alkanes) is 1. The number of rotatable bonds is 11. The first kappa shape index (κ1) is 38.1. The molecule has 3 saturated heterocycles. The van der Waals surface area contributed by atoms with E-state index >= 15 is 4.39 Å². The standard InChI is InChI=1S/C45H42FN7O6/c46-36-15-11-28(25-35(36)42(55)50-22-20-49(21-23-50)41(54)29-12-13-29)26-37-32-8-2-4-10-34(32)43(56)52(48-37)18-5-6-24-59-39-17-19-51-40(39)44(57)53(45(51)58)38-16-14-30(27-47)31-7-1-3-9-33(31)38/h1-4,7-11,14-16,25,29,39-40H,5-6,12-13,17-24,26H2/t39?,40-/m1/s1. The van der Waals surface area contributed by atoms with Crippen LogP contribution in [0, 0.1) is 23.1 Å². The van der Waals surface area contributed by atoms with Crippen molar-refractivity contribution in [2.45, 2.75) is 57.2 Å². The number of nitrogens with zero attached hydrogens (tertiary/aromatic N) is 7. The van der Waals surface area contributed by atoms with Gasteiger partial charge in [0.05, 0.1) is 40.1 Å². The summed E-state index contributed by atoms with van der Waals surface area (Å²) in [5, 5.41) is 16.8. The van der Waals surface area contributed by atoms with E-state index in [9.17, 15) is 29.2 Å². The summed E-state index contributed by atoms with van der Waals surface area (Å²) in [5.74, 6) is -1.14. The fourth-order valence-corrected chi connectivity index (χ4v) is 8.71. The van der Waals surface area contributed by atoms with Gasteiger partial charge in [0.1, 0.15) is 11.9 Å². The van der Waals surface area contributed by atoms with E-state index in [1.54, 1.807) is 63.2 Å². The minimum absolute atomic E-state index is 0.0355. The van der Waals surface area contributed by atoms with E-state index in [0.29, 0.717) is 109 Å². The Kier molecular flexibility index (Phi) is 10.1. The lowest BCUT2D eigenvalue weighted by molar-refractivity contribution is -0.134. The number of anilines is 1. The van der Waals surface area contributed by atoms with Crippen molar-refractivity contribution in [2.24, 2.45) is 5.92 Å². The Morgan fingerprint density at radius 3 is 2.27 bits per heavy atom. The second kappa shape index (κ2) is 15.7. The molecule has 1 aromatic heterocycles. The molecule has 300 valence electrons. The highest BCUT2D eigenvalue weighted by molar-refractivity contribution is 6.25. The molecule has 1 aliphatic carbocycles. The monoisotopic (exact) mass is 795 g/mol. The van der Waals surface area contributed by atoms with Crippen molar-refractivity contribution in [1.29, 1.82) is 5.26 Å². The minimum Gasteiger partial charge on any atom is -0.375 e. The van der Waals surface area contributed by atoms with Crippen molar-refractivity contribution in [3.05, 3.63) is 117 Å². The van der Waals surface area contributed by atoms with E-state index in [0.717, 1.165) is 12.8 Å². The number of ether oxygens (including phenoxy) is 1. The molecule has 4 aliphatic rings. The number of piperazine rings is 1. The van der Waals surface area contributed by atoms with Gasteiger partial charge in [-0.3, -0.25) is 19.2 Å². The van der Waals surface area contributed by atoms with Gasteiger partial charge in [-0.1, -0.05) is 48.5 Å². The third-order valence-corrected chi connectivity index (χ3v) is 12.0. The first-order valence-electron chi connectivity index (χ1n) is 20.2. The predicted molar refractivity (Wildman–Crippen MR) is 216 cm³/mol. The molecule has 0 radical (unpaired) electrons. The highest BCUT2D eigenvalue weighted by Gasteiger charge is 2.53. The lowest BCUT2D eigenvalue weighted by Crippen LogP contribution is -2.51. The molecule has 4 aromatic carbocycles. The van der Waals surface area contributed by atoms with Crippen LogP contribution in [-0.4, -0.2) is 99.7 Å². The molecule has 9 rings (SSSR count). The van der Waals surface area contributed by atoms with E-state index < -0.39 is 29.9 Å². The molecule has 14 heteroatoms. The minimum atomic E-state index is -0.751. The molecule has 4 fully saturated rings. The quantitative estimate of drug-likeness (QED) is 0.130. The van der Waals surface area contributed by atoms with Gasteiger partial charge in [0.25, 0.3) is 17.4 Å². The number of amides is 5. The number of nitriles is 1. The lowest BCUT2D eigenvalue weighted by atomic mass is 10.0. The first-order chi connectivity index (χ1) is 28.7. The summed E-state index contributed by atoms with van der Waals surface area (Å²) in [6.07, 6.45) is 3.26. The normalized spacial score (nSPS) is 19.2. The molecule has 1 unspecified atom stereocenters. The third kappa shape index (κ3) is 7.09. The van der Waals surface area contributed by atoms with Gasteiger partial charge in [-0.25, -0.2) is 18.8 Å². The van der Waals surface area contributed by atoms with Crippen molar-refractivity contribution in [3.8, 4) is 6.07 Å². The average Bonchev–Trinajstić information content (AvgIpc) is 3.98. The molecular formula is C45H42FN7O6. The fourth-order valence-electron chi connectivity index (χ4n) is 8.71. The number of hydrogen-bond donors (Lipinski definition) is 0. The maximum Gasteiger partial charge on any atom is 0.332 e. The van der Waals surface area contributed by atoms with Gasteiger partial charge in [-0.2, -0.15) is 10.4 Å². The highest BCUT2D eigenvalue weighted by Crippen LogP contribution is 2.37. The largest absolute Gasteiger partial charge is 0.375 e. The Labute approximate surface area is 339 Å². The first-order valence-corrected chi connectivity index (χ1v) is 20.2. The molecule has 0 N–H and O–H groups in total. The summed E-state index contributed by atoms with van der Waals surface area (Å²) < 4.78 is 22.8. The molecule has 13 nitrogen and oxygen atoms in total. The number of carbonyl (C=O) groups is 4. The van der Waals surface area contributed by atoms with Crippen LogP contribution in [0.5, 0.6) is 0 Å². The molecule has 0 bridgehead atoms. The molecule has 4 heterocycles. The van der Waals surface area contributed by atoms with Gasteiger partial charge in [-0.15, -0.1) is 0 Å². The topological polar surface area (TPSA) is 149 Å². The highest BCUT2D eigenvalue weighted by atomic mass is 19.1. The van der Waals surface area contributed by atoms with E-state index in [4.69, 9.17) is 9.84 Å². The van der Waals surface area contributed by atoms with E-state index in [1.165, 1.54) is 15.6 Å². The van der Waals surface area contributed by atoms with E-state index in [2.05, 4.69) is 6.07 Å². The SMILES string of the molecule is N#Cc1ccc(N2C(=O)[C@H]3C(OCCCCn4nc(Cc5ccc(F)c(C(=O)N6CCN(C(=O)C7CC7)CC6)c5)c5ccccc5c4=O)CCN3C2=O)c2ccccc12. The number of benzene rings is 4. The van der Waals surface area contributed by atoms with Gasteiger partial charge in [0.15, 0.2) is 0 Å². The van der Waals surface area contributed by atoms with E-state index in [-0.39, 0.29) is 35.3 Å². The van der Waals surface area contributed by atoms with Gasteiger partial charge >= 0.3 is 6.03 Å². The number of aromatic nitrogens is 2. The number of carbonyl (C=O) groups excluding carboxylic acids is 4. The van der Waals surface area contributed by atoms with Crippen molar-refractivity contribution in [1.82, 2.24) is 24.5 Å². The van der Waals surface area contributed by atoms with Crippen LogP contribution in [0.4, 0.5) is 14.9 Å². The summed E-state index contributed by atoms with van der Waals surface area (Å²) in [6.45, 7) is 2.55. The number of halogens is 1. The second-order valence-corrected chi connectivity index (χ2v) is 15.7. The van der Waals surface area contributed by atoms with Gasteiger partial charge in [0, 0.05) is 74.4 Å². The molecule has 2 atom stereocenters. The van der Waals surface area contributed by atoms with Crippen LogP contribution in [0.25, 0.3) is 21.5 Å². The Morgan fingerprint density at radius 2 is 1.53 bits per heavy atom. The van der Waals surface area contributed by atoms with Crippen LogP contribution >= 0.6 is 0 Å². The second-order valence-electron chi connectivity index (χ2n) is 15.7. The number of imide groups is 1. The number of hydrogen-bond acceptors (Lipinski definition) is 8.